The highest BCUT2D eigenvalue weighted by Gasteiger charge is 2.30. The average molecular weight is 291 g/mol. The standard InChI is InChI=1S/C11H19BrN2O2/c1-7(2)9(12)11(16)14-5-3-4-8(6-14)10(13)15/h7-9H,3-6H2,1-2H3,(H2,13,15)/t8-,9-/m0/s1. The molecule has 0 saturated carbocycles. The van der Waals surface area contributed by atoms with Crippen molar-refractivity contribution in [1.82, 2.24) is 4.90 Å². The van der Waals surface area contributed by atoms with Crippen LogP contribution in [0, 0.1) is 11.8 Å². The molecule has 1 aliphatic heterocycles. The number of primary amides is 1. The first-order valence-corrected chi connectivity index (χ1v) is 6.57. The topological polar surface area (TPSA) is 63.4 Å². The van der Waals surface area contributed by atoms with Crippen LogP contribution >= 0.6 is 15.9 Å². The van der Waals surface area contributed by atoms with Crippen LogP contribution in [0.4, 0.5) is 0 Å². The Kier molecular flexibility index (Phi) is 4.77. The number of piperidine rings is 1. The summed E-state index contributed by atoms with van der Waals surface area (Å²) in [6.45, 7) is 5.19. The van der Waals surface area contributed by atoms with Crippen molar-refractivity contribution < 1.29 is 9.59 Å². The zero-order valence-electron chi connectivity index (χ0n) is 9.78. The second kappa shape index (κ2) is 5.66. The molecule has 0 aromatic carbocycles. The van der Waals surface area contributed by atoms with Crippen LogP contribution in [-0.4, -0.2) is 34.6 Å². The van der Waals surface area contributed by atoms with E-state index in [2.05, 4.69) is 15.9 Å². The Hall–Kier alpha value is -0.580. The van der Waals surface area contributed by atoms with Crippen molar-refractivity contribution in [3.63, 3.8) is 0 Å². The van der Waals surface area contributed by atoms with E-state index in [1.807, 2.05) is 13.8 Å². The summed E-state index contributed by atoms with van der Waals surface area (Å²) in [5.74, 6) is -0.153. The number of hydrogen-bond donors (Lipinski definition) is 1. The molecule has 0 aromatic heterocycles. The molecule has 0 unspecified atom stereocenters. The van der Waals surface area contributed by atoms with Gasteiger partial charge in [0.05, 0.1) is 10.7 Å². The fourth-order valence-electron chi connectivity index (χ4n) is 1.87. The molecule has 1 saturated heterocycles. The van der Waals surface area contributed by atoms with Gasteiger partial charge in [0.25, 0.3) is 0 Å². The van der Waals surface area contributed by atoms with Crippen molar-refractivity contribution in [2.45, 2.75) is 31.5 Å². The zero-order chi connectivity index (χ0) is 12.3. The van der Waals surface area contributed by atoms with Crippen LogP contribution in [-0.2, 0) is 9.59 Å². The van der Waals surface area contributed by atoms with Gasteiger partial charge in [-0.15, -0.1) is 0 Å². The number of rotatable bonds is 3. The zero-order valence-corrected chi connectivity index (χ0v) is 11.4. The van der Waals surface area contributed by atoms with Crippen molar-refractivity contribution in [2.75, 3.05) is 13.1 Å². The minimum Gasteiger partial charge on any atom is -0.369 e. The predicted molar refractivity (Wildman–Crippen MR) is 66.1 cm³/mol. The quantitative estimate of drug-likeness (QED) is 0.792. The molecule has 16 heavy (non-hydrogen) atoms. The van der Waals surface area contributed by atoms with Crippen LogP contribution in [0.25, 0.3) is 0 Å². The molecular formula is C11H19BrN2O2. The average Bonchev–Trinajstić information content (AvgIpc) is 2.27. The maximum Gasteiger partial charge on any atom is 0.236 e. The van der Waals surface area contributed by atoms with Gasteiger partial charge in [-0.1, -0.05) is 29.8 Å². The first-order chi connectivity index (χ1) is 7.43. The van der Waals surface area contributed by atoms with E-state index in [-0.39, 0.29) is 28.5 Å². The second-order valence-electron chi connectivity index (χ2n) is 4.67. The predicted octanol–water partition coefficient (Wildman–Crippen LogP) is 1.13. The highest BCUT2D eigenvalue weighted by Crippen LogP contribution is 2.21. The number of likely N-dealkylation sites (tertiary alicyclic amines) is 1. The summed E-state index contributed by atoms with van der Waals surface area (Å²) in [4.78, 5) is 24.7. The molecule has 2 atom stereocenters. The molecule has 0 bridgehead atoms. The smallest absolute Gasteiger partial charge is 0.236 e. The van der Waals surface area contributed by atoms with E-state index >= 15 is 0 Å². The van der Waals surface area contributed by atoms with E-state index in [0.717, 1.165) is 19.4 Å². The van der Waals surface area contributed by atoms with E-state index in [0.29, 0.717) is 6.54 Å². The summed E-state index contributed by atoms with van der Waals surface area (Å²) in [6.07, 6.45) is 1.66. The van der Waals surface area contributed by atoms with Crippen LogP contribution in [0.3, 0.4) is 0 Å². The molecule has 0 radical (unpaired) electrons. The Labute approximate surface area is 105 Å². The minimum absolute atomic E-state index is 0.0703. The number of amides is 2. The van der Waals surface area contributed by atoms with Crippen LogP contribution in [0.2, 0.25) is 0 Å². The molecule has 2 N–H and O–H groups in total. The van der Waals surface area contributed by atoms with E-state index in [1.165, 1.54) is 0 Å². The van der Waals surface area contributed by atoms with E-state index < -0.39 is 0 Å². The third-order valence-electron chi connectivity index (χ3n) is 2.96. The van der Waals surface area contributed by atoms with Crippen LogP contribution in [0.5, 0.6) is 0 Å². The molecule has 1 aliphatic rings. The molecule has 4 nitrogen and oxygen atoms in total. The van der Waals surface area contributed by atoms with Gasteiger partial charge >= 0.3 is 0 Å². The fraction of sp³-hybridized carbons (Fsp3) is 0.818. The molecule has 5 heteroatoms. The van der Waals surface area contributed by atoms with Gasteiger partial charge in [-0.2, -0.15) is 0 Å². The molecular weight excluding hydrogens is 272 g/mol. The van der Waals surface area contributed by atoms with Crippen molar-refractivity contribution in [2.24, 2.45) is 17.6 Å². The van der Waals surface area contributed by atoms with E-state index in [4.69, 9.17) is 5.73 Å². The molecule has 1 rings (SSSR count). The Morgan fingerprint density at radius 2 is 2.06 bits per heavy atom. The van der Waals surface area contributed by atoms with Gasteiger partial charge in [0, 0.05) is 13.1 Å². The van der Waals surface area contributed by atoms with Crippen molar-refractivity contribution in [3.8, 4) is 0 Å². The number of nitrogens with two attached hydrogens (primary N) is 1. The van der Waals surface area contributed by atoms with Gasteiger partial charge < -0.3 is 10.6 Å². The number of hydrogen-bond acceptors (Lipinski definition) is 2. The van der Waals surface area contributed by atoms with E-state index in [1.54, 1.807) is 4.90 Å². The molecule has 0 aliphatic carbocycles. The maximum atomic E-state index is 12.0. The number of nitrogens with zero attached hydrogens (tertiary/aromatic N) is 1. The summed E-state index contributed by atoms with van der Waals surface area (Å²) in [6, 6.07) is 0. The number of halogens is 1. The number of alkyl halides is 1. The van der Waals surface area contributed by atoms with Crippen LogP contribution < -0.4 is 5.73 Å². The van der Waals surface area contributed by atoms with Gasteiger partial charge in [0.2, 0.25) is 11.8 Å². The van der Waals surface area contributed by atoms with Crippen molar-refractivity contribution in [3.05, 3.63) is 0 Å². The molecule has 92 valence electrons. The van der Waals surface area contributed by atoms with Crippen molar-refractivity contribution in [1.29, 1.82) is 0 Å². The lowest BCUT2D eigenvalue weighted by atomic mass is 9.96. The number of carbonyl (C=O) groups excluding carboxylic acids is 2. The highest BCUT2D eigenvalue weighted by molar-refractivity contribution is 9.10. The first-order valence-electron chi connectivity index (χ1n) is 5.65. The Balaban J connectivity index is 2.60. The lowest BCUT2D eigenvalue weighted by Crippen LogP contribution is -2.47. The van der Waals surface area contributed by atoms with Gasteiger partial charge in [0.1, 0.15) is 0 Å². The largest absolute Gasteiger partial charge is 0.369 e. The normalized spacial score (nSPS) is 23.2. The first kappa shape index (κ1) is 13.5. The Morgan fingerprint density at radius 1 is 1.44 bits per heavy atom. The third kappa shape index (κ3) is 3.20. The summed E-state index contributed by atoms with van der Waals surface area (Å²) in [7, 11) is 0. The summed E-state index contributed by atoms with van der Waals surface area (Å²) < 4.78 is 0. The lowest BCUT2D eigenvalue weighted by Gasteiger charge is -2.33. The third-order valence-corrected chi connectivity index (χ3v) is 4.41. The van der Waals surface area contributed by atoms with Gasteiger partial charge in [-0.3, -0.25) is 9.59 Å². The Morgan fingerprint density at radius 3 is 2.56 bits per heavy atom. The van der Waals surface area contributed by atoms with Crippen LogP contribution in [0.15, 0.2) is 0 Å². The van der Waals surface area contributed by atoms with Gasteiger partial charge in [-0.05, 0) is 18.8 Å². The summed E-state index contributed by atoms with van der Waals surface area (Å²) >= 11 is 3.39. The van der Waals surface area contributed by atoms with Crippen molar-refractivity contribution >= 4 is 27.7 Å². The highest BCUT2D eigenvalue weighted by atomic mass is 79.9. The SMILES string of the molecule is CC(C)[C@H](Br)C(=O)N1CCC[C@H](C(N)=O)C1. The van der Waals surface area contributed by atoms with Gasteiger partial charge in [0.15, 0.2) is 0 Å². The number of carbonyl (C=O) groups is 2. The summed E-state index contributed by atoms with van der Waals surface area (Å²) in [5.41, 5.74) is 5.28. The minimum atomic E-state index is -0.298. The molecule has 0 aromatic rings. The summed E-state index contributed by atoms with van der Waals surface area (Å²) in [5, 5.41) is 0. The molecule has 2 amide bonds. The molecule has 0 spiro atoms. The second-order valence-corrected chi connectivity index (χ2v) is 5.66. The Bertz CT molecular complexity index is 281. The fourth-order valence-corrected chi connectivity index (χ4v) is 2.16. The maximum absolute atomic E-state index is 12.0. The molecule has 1 fully saturated rings. The van der Waals surface area contributed by atoms with E-state index in [9.17, 15) is 9.59 Å². The van der Waals surface area contributed by atoms with Gasteiger partial charge in [-0.25, -0.2) is 0 Å². The van der Waals surface area contributed by atoms with Crippen LogP contribution in [0.1, 0.15) is 26.7 Å². The lowest BCUT2D eigenvalue weighted by molar-refractivity contribution is -0.134. The monoisotopic (exact) mass is 290 g/mol. The molecule has 1 heterocycles.